The van der Waals surface area contributed by atoms with Crippen molar-refractivity contribution in [2.75, 3.05) is 5.75 Å². The van der Waals surface area contributed by atoms with E-state index in [9.17, 15) is 0 Å². The van der Waals surface area contributed by atoms with Gasteiger partial charge in [0.25, 0.3) is 0 Å². The third kappa shape index (κ3) is 1.51. The van der Waals surface area contributed by atoms with Gasteiger partial charge in [-0.05, 0) is 6.07 Å². The summed E-state index contributed by atoms with van der Waals surface area (Å²) in [4.78, 5) is 0. The molecule has 0 N–H and O–H groups in total. The fourth-order valence-electron chi connectivity index (χ4n) is 1.08. The van der Waals surface area contributed by atoms with Crippen molar-refractivity contribution in [2.45, 2.75) is 5.75 Å². The third-order valence-corrected chi connectivity index (χ3v) is 2.51. The van der Waals surface area contributed by atoms with E-state index in [4.69, 9.17) is 4.74 Å². The van der Waals surface area contributed by atoms with Gasteiger partial charge in [-0.1, -0.05) is 18.2 Å². The molecule has 1 aromatic rings. The molecule has 1 nitrogen and oxygen atoms in total. The zero-order valence-electron chi connectivity index (χ0n) is 6.12. The molecule has 1 radical (unpaired) electrons. The lowest BCUT2D eigenvalue weighted by molar-refractivity contribution is 0.418. The fraction of sp³-hybridized carbons (Fsp3) is 0.222. The largest absolute Gasteiger partial charge is 0.485 e. The van der Waals surface area contributed by atoms with E-state index in [-0.39, 0.29) is 0 Å². The predicted octanol–water partition coefficient (Wildman–Crippen LogP) is 2.47. The Kier molecular flexibility index (Phi) is 2.04. The van der Waals surface area contributed by atoms with Crippen LogP contribution >= 0.6 is 11.8 Å². The van der Waals surface area contributed by atoms with E-state index in [0.717, 1.165) is 17.3 Å². The van der Waals surface area contributed by atoms with Crippen LogP contribution in [0.15, 0.2) is 24.3 Å². The van der Waals surface area contributed by atoms with E-state index >= 15 is 0 Å². The van der Waals surface area contributed by atoms with Crippen molar-refractivity contribution in [3.05, 3.63) is 36.4 Å². The van der Waals surface area contributed by atoms with Crippen LogP contribution in [0.4, 0.5) is 0 Å². The van der Waals surface area contributed by atoms with Crippen LogP contribution in [0.3, 0.4) is 0 Å². The predicted molar refractivity (Wildman–Crippen MR) is 47.5 cm³/mol. The molecule has 0 saturated carbocycles. The molecular weight excluding hydrogens is 156 g/mol. The molecular formula is C9H9OS. The maximum Gasteiger partial charge on any atom is 0.145 e. The number of para-hydroxylation sites is 1. The van der Waals surface area contributed by atoms with E-state index < -0.39 is 0 Å². The van der Waals surface area contributed by atoms with Gasteiger partial charge in [0.1, 0.15) is 12.4 Å². The molecule has 0 aromatic heterocycles. The summed E-state index contributed by atoms with van der Waals surface area (Å²) in [5.41, 5.74) is 1.30. The van der Waals surface area contributed by atoms with Crippen molar-refractivity contribution >= 4 is 11.8 Å². The molecule has 0 aliphatic carbocycles. The van der Waals surface area contributed by atoms with E-state index in [1.807, 2.05) is 36.6 Å². The molecule has 0 fully saturated rings. The molecule has 0 atom stereocenters. The summed E-state index contributed by atoms with van der Waals surface area (Å²) in [5, 5.41) is 0. The highest BCUT2D eigenvalue weighted by molar-refractivity contribution is 7.98. The van der Waals surface area contributed by atoms with Gasteiger partial charge in [-0.25, -0.2) is 0 Å². The molecule has 0 bridgehead atoms. The van der Waals surface area contributed by atoms with E-state index in [2.05, 4.69) is 6.07 Å². The Morgan fingerprint density at radius 1 is 1.27 bits per heavy atom. The smallest absolute Gasteiger partial charge is 0.145 e. The third-order valence-electron chi connectivity index (χ3n) is 1.63. The molecule has 57 valence electrons. The van der Waals surface area contributed by atoms with Crippen LogP contribution < -0.4 is 4.74 Å². The number of hydrogen-bond acceptors (Lipinski definition) is 2. The second-order valence-corrected chi connectivity index (χ2v) is 3.44. The average molecular weight is 165 g/mol. The lowest BCUT2D eigenvalue weighted by Crippen LogP contribution is -1.89. The number of ether oxygens (including phenoxy) is 1. The second kappa shape index (κ2) is 3.18. The van der Waals surface area contributed by atoms with E-state index in [1.54, 1.807) is 0 Å². The first-order chi connectivity index (χ1) is 5.47. The van der Waals surface area contributed by atoms with Gasteiger partial charge < -0.3 is 4.74 Å². The Hall–Kier alpha value is -0.630. The Morgan fingerprint density at radius 3 is 3.18 bits per heavy atom. The van der Waals surface area contributed by atoms with Gasteiger partial charge in [-0.2, -0.15) is 11.8 Å². The molecule has 0 amide bonds. The molecule has 2 rings (SSSR count). The normalized spacial score (nSPS) is 16.4. The van der Waals surface area contributed by atoms with Crippen molar-refractivity contribution in [1.82, 2.24) is 0 Å². The molecule has 0 spiro atoms. The Balaban J connectivity index is 2.33. The van der Waals surface area contributed by atoms with Gasteiger partial charge in [0.05, 0.1) is 0 Å². The van der Waals surface area contributed by atoms with Crippen LogP contribution in [0.25, 0.3) is 0 Å². The van der Waals surface area contributed by atoms with Crippen LogP contribution in [-0.4, -0.2) is 5.75 Å². The summed E-state index contributed by atoms with van der Waals surface area (Å²) in [6, 6.07) is 8.18. The molecule has 0 saturated heterocycles. The molecule has 1 aromatic carbocycles. The Labute approximate surface area is 70.8 Å². The number of rotatable bonds is 0. The van der Waals surface area contributed by atoms with Crippen LogP contribution in [0.5, 0.6) is 5.75 Å². The van der Waals surface area contributed by atoms with Crippen LogP contribution in [0.1, 0.15) is 5.56 Å². The molecule has 0 unspecified atom stereocenters. The van der Waals surface area contributed by atoms with Crippen LogP contribution in [-0.2, 0) is 5.75 Å². The Morgan fingerprint density at radius 2 is 2.18 bits per heavy atom. The number of thioether (sulfide) groups is 1. The van der Waals surface area contributed by atoms with Gasteiger partial charge >= 0.3 is 0 Å². The quantitative estimate of drug-likeness (QED) is 0.584. The summed E-state index contributed by atoms with van der Waals surface area (Å²) in [5.74, 6) is 3.05. The summed E-state index contributed by atoms with van der Waals surface area (Å²) < 4.78 is 5.40. The minimum Gasteiger partial charge on any atom is -0.485 e. The van der Waals surface area contributed by atoms with Crippen molar-refractivity contribution in [1.29, 1.82) is 0 Å². The zero-order valence-corrected chi connectivity index (χ0v) is 6.93. The second-order valence-electron chi connectivity index (χ2n) is 2.41. The average Bonchev–Trinajstić information content (AvgIpc) is 2.28. The molecule has 1 heterocycles. The fourth-order valence-corrected chi connectivity index (χ4v) is 1.82. The highest BCUT2D eigenvalue weighted by Gasteiger charge is 2.06. The van der Waals surface area contributed by atoms with Crippen molar-refractivity contribution in [3.8, 4) is 5.75 Å². The minimum absolute atomic E-state index is 0.981. The maximum absolute atomic E-state index is 5.40. The first kappa shape index (κ1) is 7.04. The summed E-state index contributed by atoms with van der Waals surface area (Å²) in [7, 11) is 0. The van der Waals surface area contributed by atoms with Crippen molar-refractivity contribution < 1.29 is 4.74 Å². The van der Waals surface area contributed by atoms with Gasteiger partial charge in [0.2, 0.25) is 0 Å². The molecule has 1 aliphatic rings. The Bertz CT molecular complexity index is 222. The highest BCUT2D eigenvalue weighted by Crippen LogP contribution is 2.27. The lowest BCUT2D eigenvalue weighted by Gasteiger charge is -2.03. The minimum atomic E-state index is 0.981. The number of hydrogen-bond donors (Lipinski definition) is 0. The molecule has 1 aliphatic heterocycles. The van der Waals surface area contributed by atoms with Gasteiger partial charge in [0.15, 0.2) is 0 Å². The first-order valence-corrected chi connectivity index (χ1v) is 4.76. The SMILES string of the molecule is [CH]1CSCc2ccccc2O1. The van der Waals surface area contributed by atoms with Crippen molar-refractivity contribution in [3.63, 3.8) is 0 Å². The zero-order chi connectivity index (χ0) is 7.52. The van der Waals surface area contributed by atoms with Crippen LogP contribution in [0.2, 0.25) is 0 Å². The van der Waals surface area contributed by atoms with Gasteiger partial charge in [-0.3, -0.25) is 0 Å². The van der Waals surface area contributed by atoms with E-state index in [1.165, 1.54) is 5.56 Å². The first-order valence-electron chi connectivity index (χ1n) is 3.61. The van der Waals surface area contributed by atoms with Gasteiger partial charge in [0, 0.05) is 17.1 Å². The van der Waals surface area contributed by atoms with E-state index in [0.29, 0.717) is 0 Å². The topological polar surface area (TPSA) is 9.23 Å². The van der Waals surface area contributed by atoms with Crippen LogP contribution in [0, 0.1) is 6.61 Å². The summed E-state index contributed by atoms with van der Waals surface area (Å²) in [6.45, 7) is 1.86. The lowest BCUT2D eigenvalue weighted by atomic mass is 10.2. The van der Waals surface area contributed by atoms with Crippen molar-refractivity contribution in [2.24, 2.45) is 0 Å². The highest BCUT2D eigenvalue weighted by atomic mass is 32.2. The molecule has 2 heteroatoms. The standard InChI is InChI=1S/C9H9OS/c1-2-4-9-8(3-1)7-11-6-5-10-9/h1-5H,6-7H2. The number of benzene rings is 1. The number of fused-ring (bicyclic) bond motifs is 1. The summed E-state index contributed by atoms with van der Waals surface area (Å²) in [6.07, 6.45) is 0. The molecule has 11 heavy (non-hydrogen) atoms. The van der Waals surface area contributed by atoms with Gasteiger partial charge in [-0.15, -0.1) is 0 Å². The summed E-state index contributed by atoms with van der Waals surface area (Å²) >= 11 is 1.88. The monoisotopic (exact) mass is 165 g/mol. The maximum atomic E-state index is 5.40.